The molecule has 1 aromatic carbocycles. The molecule has 1 saturated heterocycles. The van der Waals surface area contributed by atoms with Gasteiger partial charge in [-0.05, 0) is 24.0 Å². The molecule has 5 heteroatoms. The van der Waals surface area contributed by atoms with Gasteiger partial charge in [0.05, 0.1) is 12.7 Å². The maximum absolute atomic E-state index is 12.5. The van der Waals surface area contributed by atoms with Crippen LogP contribution in [0.3, 0.4) is 0 Å². The second-order valence-corrected chi connectivity index (χ2v) is 6.29. The molecule has 1 heterocycles. The average Bonchev–Trinajstić information content (AvgIpc) is 2.71. The number of likely N-dealkylation sites (tertiary alicyclic amines) is 1. The maximum atomic E-state index is 12.5. The first-order valence-corrected chi connectivity index (χ1v) is 7.17. The summed E-state index contributed by atoms with van der Waals surface area (Å²) in [4.78, 5) is 25.2. The van der Waals surface area contributed by atoms with Gasteiger partial charge in [0.1, 0.15) is 12.3 Å². The number of hydrogen-bond acceptors (Lipinski definition) is 4. The van der Waals surface area contributed by atoms with Crippen molar-refractivity contribution in [2.24, 2.45) is 5.41 Å². The van der Waals surface area contributed by atoms with Crippen LogP contribution in [0.15, 0.2) is 36.0 Å². The smallest absolute Gasteiger partial charge is 0.323 e. The van der Waals surface area contributed by atoms with Gasteiger partial charge in [-0.25, -0.2) is 0 Å². The van der Waals surface area contributed by atoms with Crippen LogP contribution in [0.5, 0.6) is 5.75 Å². The lowest BCUT2D eigenvalue weighted by Gasteiger charge is -2.19. The minimum Gasteiger partial charge on any atom is -0.496 e. The van der Waals surface area contributed by atoms with Gasteiger partial charge in [0.15, 0.2) is 5.78 Å². The summed E-state index contributed by atoms with van der Waals surface area (Å²) in [6.45, 7) is 4.67. The number of aliphatic carboxylic acids is 1. The number of allylic oxidation sites excluding steroid dienone is 2. The molecule has 0 aliphatic carbocycles. The van der Waals surface area contributed by atoms with Crippen molar-refractivity contribution in [3.05, 3.63) is 41.6 Å². The Bertz CT molecular complexity index is 619. The molecule has 0 spiro atoms. The second kappa shape index (κ2) is 6.22. The molecular weight excluding hydrogens is 282 g/mol. The van der Waals surface area contributed by atoms with Gasteiger partial charge in [0, 0.05) is 18.3 Å². The molecule has 0 radical (unpaired) electrons. The van der Waals surface area contributed by atoms with Gasteiger partial charge < -0.3 is 14.7 Å². The highest BCUT2D eigenvalue weighted by Gasteiger charge is 2.34. The number of methoxy groups -OCH3 is 1. The summed E-state index contributed by atoms with van der Waals surface area (Å²) in [5.41, 5.74) is 1.21. The number of carbonyl (C=O) groups is 2. The molecule has 2 rings (SSSR count). The van der Waals surface area contributed by atoms with E-state index >= 15 is 0 Å². The highest BCUT2D eigenvalue weighted by atomic mass is 16.5. The van der Waals surface area contributed by atoms with Gasteiger partial charge in [-0.2, -0.15) is 0 Å². The zero-order valence-corrected chi connectivity index (χ0v) is 13.1. The Kier molecular flexibility index (Phi) is 4.54. The molecule has 1 aliphatic rings. The molecule has 0 aromatic heterocycles. The van der Waals surface area contributed by atoms with Crippen LogP contribution in [0.1, 0.15) is 30.6 Å². The Labute approximate surface area is 130 Å². The molecule has 1 fully saturated rings. The van der Waals surface area contributed by atoms with Crippen LogP contribution in [-0.4, -0.2) is 42.0 Å². The van der Waals surface area contributed by atoms with Crippen molar-refractivity contribution in [2.45, 2.75) is 20.3 Å². The monoisotopic (exact) mass is 303 g/mol. The molecule has 1 N–H and O–H groups in total. The van der Waals surface area contributed by atoms with E-state index in [0.29, 0.717) is 24.3 Å². The fourth-order valence-electron chi connectivity index (χ4n) is 2.82. The van der Waals surface area contributed by atoms with Crippen LogP contribution >= 0.6 is 0 Å². The summed E-state index contributed by atoms with van der Waals surface area (Å²) in [6.07, 6.45) is 2.22. The minimum atomic E-state index is -0.895. The normalized spacial score (nSPS) is 18.5. The highest BCUT2D eigenvalue weighted by molar-refractivity contribution is 6.06. The van der Waals surface area contributed by atoms with Crippen LogP contribution in [0.4, 0.5) is 0 Å². The van der Waals surface area contributed by atoms with Crippen LogP contribution in [0.25, 0.3) is 0 Å². The van der Waals surface area contributed by atoms with E-state index in [9.17, 15) is 9.59 Å². The molecule has 0 atom stereocenters. The third-order valence-electron chi connectivity index (χ3n) is 3.68. The van der Waals surface area contributed by atoms with Crippen LogP contribution in [0, 0.1) is 5.41 Å². The standard InChI is InChI=1S/C17H21NO4/c1-17(2)9-12(18(11-17)10-16(20)21)8-14(19)13-6-4-5-7-15(13)22-3/h4-8H,9-11H2,1-3H3,(H,20,21)/b12-8+. The third-order valence-corrected chi connectivity index (χ3v) is 3.68. The first-order valence-electron chi connectivity index (χ1n) is 7.17. The average molecular weight is 303 g/mol. The summed E-state index contributed by atoms with van der Waals surface area (Å²) < 4.78 is 5.21. The van der Waals surface area contributed by atoms with Gasteiger partial charge in [0.2, 0.25) is 0 Å². The van der Waals surface area contributed by atoms with E-state index in [-0.39, 0.29) is 17.7 Å². The van der Waals surface area contributed by atoms with Crippen molar-refractivity contribution in [2.75, 3.05) is 20.2 Å². The van der Waals surface area contributed by atoms with E-state index in [1.165, 1.54) is 13.2 Å². The number of carboxylic acid groups (broad SMARTS) is 1. The fraction of sp³-hybridized carbons (Fsp3) is 0.412. The van der Waals surface area contributed by atoms with Crippen molar-refractivity contribution in [1.82, 2.24) is 4.90 Å². The molecular formula is C17H21NO4. The first kappa shape index (κ1) is 16.1. The Morgan fingerprint density at radius 2 is 2.05 bits per heavy atom. The SMILES string of the molecule is COc1ccccc1C(=O)/C=C1\CC(C)(C)CN1CC(=O)O. The fourth-order valence-corrected chi connectivity index (χ4v) is 2.82. The highest BCUT2D eigenvalue weighted by Crippen LogP contribution is 2.36. The summed E-state index contributed by atoms with van der Waals surface area (Å²) in [7, 11) is 1.52. The van der Waals surface area contributed by atoms with E-state index in [1.54, 1.807) is 29.2 Å². The molecule has 5 nitrogen and oxygen atoms in total. The van der Waals surface area contributed by atoms with E-state index in [2.05, 4.69) is 13.8 Å². The molecule has 1 aromatic rings. The number of benzene rings is 1. The number of hydrogen-bond donors (Lipinski definition) is 1. The number of para-hydroxylation sites is 1. The van der Waals surface area contributed by atoms with Crippen LogP contribution in [0.2, 0.25) is 0 Å². The van der Waals surface area contributed by atoms with Crippen molar-refractivity contribution < 1.29 is 19.4 Å². The number of ether oxygens (including phenoxy) is 1. The lowest BCUT2D eigenvalue weighted by atomic mass is 9.92. The third kappa shape index (κ3) is 3.67. The maximum Gasteiger partial charge on any atom is 0.323 e. The largest absolute Gasteiger partial charge is 0.496 e. The quantitative estimate of drug-likeness (QED) is 0.669. The van der Waals surface area contributed by atoms with E-state index in [4.69, 9.17) is 9.84 Å². The number of carbonyl (C=O) groups excluding carboxylic acids is 1. The van der Waals surface area contributed by atoms with Gasteiger partial charge in [-0.15, -0.1) is 0 Å². The summed E-state index contributed by atoms with van der Waals surface area (Å²) >= 11 is 0. The van der Waals surface area contributed by atoms with Gasteiger partial charge >= 0.3 is 5.97 Å². The van der Waals surface area contributed by atoms with Crippen LogP contribution in [-0.2, 0) is 4.79 Å². The number of rotatable bonds is 5. The Hall–Kier alpha value is -2.30. The molecule has 22 heavy (non-hydrogen) atoms. The predicted octanol–water partition coefficient (Wildman–Crippen LogP) is 2.58. The topological polar surface area (TPSA) is 66.8 Å². The molecule has 0 saturated carbocycles. The molecule has 0 bridgehead atoms. The van der Waals surface area contributed by atoms with Crippen LogP contribution < -0.4 is 4.74 Å². The van der Waals surface area contributed by atoms with Crippen molar-refractivity contribution in [3.8, 4) is 5.75 Å². The molecule has 0 unspecified atom stereocenters. The first-order chi connectivity index (χ1) is 10.3. The molecule has 0 amide bonds. The number of ketones is 1. The number of carboxylic acids is 1. The van der Waals surface area contributed by atoms with E-state index in [1.807, 2.05) is 0 Å². The zero-order chi connectivity index (χ0) is 16.3. The van der Waals surface area contributed by atoms with E-state index < -0.39 is 5.97 Å². The van der Waals surface area contributed by atoms with Gasteiger partial charge in [-0.3, -0.25) is 9.59 Å². The summed E-state index contributed by atoms with van der Waals surface area (Å²) in [5, 5.41) is 9.02. The summed E-state index contributed by atoms with van der Waals surface area (Å²) in [5.74, 6) is -0.541. The Morgan fingerprint density at radius 1 is 1.36 bits per heavy atom. The molecule has 118 valence electrons. The lowest BCUT2D eigenvalue weighted by molar-refractivity contribution is -0.137. The molecule has 1 aliphatic heterocycles. The second-order valence-electron chi connectivity index (χ2n) is 6.29. The lowest BCUT2D eigenvalue weighted by Crippen LogP contribution is -2.28. The Morgan fingerprint density at radius 3 is 2.68 bits per heavy atom. The zero-order valence-electron chi connectivity index (χ0n) is 13.1. The van der Waals surface area contributed by atoms with Gasteiger partial charge in [0.25, 0.3) is 0 Å². The van der Waals surface area contributed by atoms with Gasteiger partial charge in [-0.1, -0.05) is 26.0 Å². The van der Waals surface area contributed by atoms with Crippen molar-refractivity contribution in [1.29, 1.82) is 0 Å². The van der Waals surface area contributed by atoms with Crippen molar-refractivity contribution >= 4 is 11.8 Å². The summed E-state index contributed by atoms with van der Waals surface area (Å²) in [6, 6.07) is 7.03. The minimum absolute atomic E-state index is 0.0393. The number of nitrogens with zero attached hydrogens (tertiary/aromatic N) is 1. The predicted molar refractivity (Wildman–Crippen MR) is 83.0 cm³/mol. The van der Waals surface area contributed by atoms with E-state index in [0.717, 1.165) is 5.70 Å². The van der Waals surface area contributed by atoms with Crippen molar-refractivity contribution in [3.63, 3.8) is 0 Å². The Balaban J connectivity index is 2.29.